The van der Waals surface area contributed by atoms with E-state index in [1.54, 1.807) is 11.9 Å². The molecule has 0 spiro atoms. The van der Waals surface area contributed by atoms with Crippen molar-refractivity contribution in [2.45, 2.75) is 16.7 Å². The third-order valence-electron chi connectivity index (χ3n) is 3.66. The van der Waals surface area contributed by atoms with Gasteiger partial charge in [0.15, 0.2) is 0 Å². The Hall–Kier alpha value is -0.310. The van der Waals surface area contributed by atoms with Crippen LogP contribution in [0.5, 0.6) is 0 Å². The maximum atomic E-state index is 11.4. The van der Waals surface area contributed by atoms with Gasteiger partial charge in [-0.3, -0.25) is 4.79 Å². The Morgan fingerprint density at radius 1 is 1.42 bits per heavy atom. The van der Waals surface area contributed by atoms with E-state index in [2.05, 4.69) is 0 Å². The molecule has 0 radical (unpaired) electrons. The van der Waals surface area contributed by atoms with Crippen LogP contribution in [0, 0.1) is 0 Å². The second-order valence-corrected chi connectivity index (χ2v) is 4.58. The van der Waals surface area contributed by atoms with Gasteiger partial charge in [0.2, 0.25) is 5.91 Å². The summed E-state index contributed by atoms with van der Waals surface area (Å²) in [7, 11) is 9.51. The predicted octanol–water partition coefficient (Wildman–Crippen LogP) is -4.88. The first-order valence-corrected chi connectivity index (χ1v) is 4.18. The Balaban J connectivity index is 3.14. The van der Waals surface area contributed by atoms with Crippen LogP contribution in [0.3, 0.4) is 0 Å². The van der Waals surface area contributed by atoms with Crippen molar-refractivity contribution in [1.29, 1.82) is 0 Å². The summed E-state index contributed by atoms with van der Waals surface area (Å²) >= 11 is 0. The Morgan fingerprint density at radius 3 is 1.92 bits per heavy atom. The standard InChI is InChI=1S/C5H13B4NO2/c1-10-3(12)2(11)4(6,7)5(10,8)9/h2,11H,6-9H2,1H3. The zero-order chi connectivity index (χ0) is 9.73. The summed E-state index contributed by atoms with van der Waals surface area (Å²) in [6.45, 7) is 0. The lowest BCUT2D eigenvalue weighted by Gasteiger charge is -2.40. The molecule has 12 heavy (non-hydrogen) atoms. The summed E-state index contributed by atoms with van der Waals surface area (Å²) in [5.74, 6) is -0.176. The highest BCUT2D eigenvalue weighted by Crippen LogP contribution is 2.42. The fourth-order valence-corrected chi connectivity index (χ4v) is 1.53. The SMILES string of the molecule is BC1(B)C(O)C(=O)N(C)C1(B)B. The molecule has 62 valence electrons. The normalized spacial score (nSPS) is 32.3. The average molecular weight is 162 g/mol. The molecule has 0 aromatic rings. The van der Waals surface area contributed by atoms with E-state index < -0.39 is 6.10 Å². The van der Waals surface area contributed by atoms with Crippen molar-refractivity contribution < 1.29 is 9.90 Å². The second kappa shape index (κ2) is 2.34. The molecular formula is C5H13B4NO2. The van der Waals surface area contributed by atoms with Gasteiger partial charge in [-0.05, 0) is 10.6 Å². The minimum Gasteiger partial charge on any atom is -0.384 e. The predicted molar refractivity (Wildman–Crippen MR) is 58.4 cm³/mol. The Bertz CT molecular complexity index is 207. The van der Waals surface area contributed by atoms with Gasteiger partial charge in [0.1, 0.15) is 37.5 Å². The number of rotatable bonds is 0. The highest BCUT2D eigenvalue weighted by Gasteiger charge is 2.55. The number of aliphatic hydroxyl groups is 1. The van der Waals surface area contributed by atoms with E-state index in [9.17, 15) is 9.90 Å². The molecule has 1 N–H and O–H groups in total. The number of carbonyl (C=O) groups is 1. The Labute approximate surface area is 76.5 Å². The van der Waals surface area contributed by atoms with Gasteiger partial charge in [-0.15, -0.1) is 0 Å². The molecule has 1 unspecified atom stereocenters. The molecule has 0 aliphatic carbocycles. The lowest BCUT2D eigenvalue weighted by atomic mass is 9.33. The highest BCUT2D eigenvalue weighted by atomic mass is 16.3. The number of hydrogen-bond donors (Lipinski definition) is 1. The van der Waals surface area contributed by atoms with E-state index in [1.807, 2.05) is 31.4 Å². The summed E-state index contributed by atoms with van der Waals surface area (Å²) in [5, 5.41) is 8.99. The lowest BCUT2D eigenvalue weighted by Crippen LogP contribution is -2.52. The Kier molecular flexibility index (Phi) is 1.91. The quantitative estimate of drug-likeness (QED) is 0.363. The third-order valence-corrected chi connectivity index (χ3v) is 3.66. The van der Waals surface area contributed by atoms with Crippen molar-refractivity contribution in [3.63, 3.8) is 0 Å². The Morgan fingerprint density at radius 2 is 1.83 bits per heavy atom. The topological polar surface area (TPSA) is 40.5 Å². The van der Waals surface area contributed by atoms with Gasteiger partial charge in [-0.25, -0.2) is 0 Å². The molecule has 1 aliphatic heterocycles. The van der Waals surface area contributed by atoms with Crippen LogP contribution in [0.25, 0.3) is 0 Å². The lowest BCUT2D eigenvalue weighted by molar-refractivity contribution is -0.133. The summed E-state index contributed by atoms with van der Waals surface area (Å²) in [6, 6.07) is 0. The van der Waals surface area contributed by atoms with Crippen molar-refractivity contribution in [3.8, 4) is 0 Å². The first-order valence-electron chi connectivity index (χ1n) is 4.18. The largest absolute Gasteiger partial charge is 0.384 e. The fourth-order valence-electron chi connectivity index (χ4n) is 1.53. The van der Waals surface area contributed by atoms with E-state index in [0.29, 0.717) is 0 Å². The number of hydrogen-bond acceptors (Lipinski definition) is 2. The van der Waals surface area contributed by atoms with Crippen molar-refractivity contribution in [2.75, 3.05) is 7.05 Å². The van der Waals surface area contributed by atoms with Crippen LogP contribution in [-0.4, -0.2) is 65.8 Å². The number of nitrogens with zero attached hydrogens (tertiary/aromatic N) is 1. The van der Waals surface area contributed by atoms with Crippen molar-refractivity contribution >= 4 is 37.3 Å². The van der Waals surface area contributed by atoms with Crippen LogP contribution in [0.2, 0.25) is 5.21 Å². The fraction of sp³-hybridized carbons (Fsp3) is 0.800. The van der Waals surface area contributed by atoms with Gasteiger partial charge in [-0.1, -0.05) is 0 Å². The molecule has 7 heteroatoms. The zero-order valence-electron chi connectivity index (χ0n) is 8.38. The summed E-state index contributed by atoms with van der Waals surface area (Å²) in [5.41, 5.74) is 0. The van der Waals surface area contributed by atoms with Gasteiger partial charge < -0.3 is 10.0 Å². The van der Waals surface area contributed by atoms with E-state index in [0.717, 1.165) is 0 Å². The molecule has 1 rings (SSSR count). The van der Waals surface area contributed by atoms with Crippen molar-refractivity contribution in [1.82, 2.24) is 4.90 Å². The van der Waals surface area contributed by atoms with Crippen LogP contribution in [0.15, 0.2) is 0 Å². The monoisotopic (exact) mass is 163 g/mol. The third kappa shape index (κ3) is 0.889. The first kappa shape index (κ1) is 9.78. The van der Waals surface area contributed by atoms with Gasteiger partial charge in [0.25, 0.3) is 0 Å². The number of amides is 1. The second-order valence-electron chi connectivity index (χ2n) is 4.58. The molecule has 1 saturated heterocycles. The zero-order valence-corrected chi connectivity index (χ0v) is 8.38. The molecule has 1 atom stereocenters. The van der Waals surface area contributed by atoms with E-state index >= 15 is 0 Å². The minimum absolute atomic E-state index is 0.176. The van der Waals surface area contributed by atoms with Crippen molar-refractivity contribution in [2.24, 2.45) is 0 Å². The molecule has 0 aromatic carbocycles. The number of aliphatic hydroxyl groups excluding tert-OH is 1. The highest BCUT2D eigenvalue weighted by molar-refractivity contribution is 6.57. The van der Waals surface area contributed by atoms with Crippen LogP contribution in [0.4, 0.5) is 0 Å². The van der Waals surface area contributed by atoms with E-state index in [1.165, 1.54) is 0 Å². The molecule has 0 saturated carbocycles. The minimum atomic E-state index is -0.863. The molecule has 3 nitrogen and oxygen atoms in total. The van der Waals surface area contributed by atoms with Crippen LogP contribution in [0.1, 0.15) is 0 Å². The number of likely N-dealkylation sites (tertiary alicyclic amines) is 1. The molecule has 1 fully saturated rings. The first-order chi connectivity index (χ1) is 5.23. The maximum Gasteiger partial charge on any atom is 0.249 e. The summed E-state index contributed by atoms with van der Waals surface area (Å²) < 4.78 is 0. The van der Waals surface area contributed by atoms with Gasteiger partial charge >= 0.3 is 0 Å². The molecule has 0 bridgehead atoms. The van der Waals surface area contributed by atoms with Gasteiger partial charge in [0, 0.05) is 7.05 Å². The maximum absolute atomic E-state index is 11.4. The van der Waals surface area contributed by atoms with Gasteiger partial charge in [0.05, 0.1) is 0 Å². The summed E-state index contributed by atoms with van der Waals surface area (Å²) in [4.78, 5) is 13.0. The van der Waals surface area contributed by atoms with Crippen molar-refractivity contribution in [3.05, 3.63) is 0 Å². The molecular weight excluding hydrogens is 149 g/mol. The van der Waals surface area contributed by atoms with E-state index in [4.69, 9.17) is 0 Å². The van der Waals surface area contributed by atoms with Crippen LogP contribution >= 0.6 is 0 Å². The molecule has 0 aromatic heterocycles. The molecule has 1 aliphatic rings. The molecule has 1 heterocycles. The van der Waals surface area contributed by atoms with Crippen LogP contribution in [-0.2, 0) is 4.79 Å². The smallest absolute Gasteiger partial charge is 0.249 e. The van der Waals surface area contributed by atoms with Crippen LogP contribution < -0.4 is 0 Å². The van der Waals surface area contributed by atoms with Gasteiger partial charge in [-0.2, -0.15) is 0 Å². The summed E-state index contributed by atoms with van der Waals surface area (Å²) in [6.07, 6.45) is -0.863. The average Bonchev–Trinajstić information content (AvgIpc) is 2.05. The molecule has 1 amide bonds. The van der Waals surface area contributed by atoms with E-state index in [-0.39, 0.29) is 16.5 Å². The number of likely N-dealkylation sites (N-methyl/N-ethyl adjacent to an activating group) is 1. The number of carbonyl (C=O) groups excluding carboxylic acids is 1.